The van der Waals surface area contributed by atoms with Gasteiger partial charge in [-0.15, -0.1) is 0 Å². The Bertz CT molecular complexity index is 308. The molecule has 4 heteroatoms. The van der Waals surface area contributed by atoms with E-state index in [0.29, 0.717) is 10.6 Å². The Kier molecular flexibility index (Phi) is 3.92. The fourth-order valence-electron chi connectivity index (χ4n) is 0.944. The topological polar surface area (TPSA) is 49.3 Å². The van der Waals surface area contributed by atoms with E-state index in [2.05, 4.69) is 5.32 Å². The van der Waals surface area contributed by atoms with Crippen molar-refractivity contribution in [2.24, 2.45) is 0 Å². The summed E-state index contributed by atoms with van der Waals surface area (Å²) < 4.78 is 0. The van der Waals surface area contributed by atoms with Gasteiger partial charge >= 0.3 is 0 Å². The zero-order valence-electron chi connectivity index (χ0n) is 7.83. The van der Waals surface area contributed by atoms with Crippen molar-refractivity contribution in [2.45, 2.75) is 13.0 Å². The van der Waals surface area contributed by atoms with Crippen LogP contribution in [0.25, 0.3) is 0 Å². The van der Waals surface area contributed by atoms with Gasteiger partial charge in [-0.05, 0) is 31.2 Å². The Morgan fingerprint density at radius 1 is 1.50 bits per heavy atom. The number of carbonyl (C=O) groups is 1. The molecule has 0 radical (unpaired) electrons. The lowest BCUT2D eigenvalue weighted by Crippen LogP contribution is -2.30. The summed E-state index contributed by atoms with van der Waals surface area (Å²) in [7, 11) is 0. The molecular formula is C10H12ClNO2. The van der Waals surface area contributed by atoms with Gasteiger partial charge in [-0.2, -0.15) is 0 Å². The van der Waals surface area contributed by atoms with Gasteiger partial charge in [0, 0.05) is 17.1 Å². The monoisotopic (exact) mass is 213 g/mol. The molecule has 0 fully saturated rings. The van der Waals surface area contributed by atoms with E-state index in [1.807, 2.05) is 0 Å². The van der Waals surface area contributed by atoms with Gasteiger partial charge in [-0.3, -0.25) is 4.79 Å². The molecule has 3 nitrogen and oxygen atoms in total. The zero-order valence-corrected chi connectivity index (χ0v) is 8.58. The lowest BCUT2D eigenvalue weighted by Gasteiger charge is -2.06. The van der Waals surface area contributed by atoms with Crippen LogP contribution in [0.5, 0.6) is 0 Å². The van der Waals surface area contributed by atoms with Crippen molar-refractivity contribution < 1.29 is 9.90 Å². The maximum Gasteiger partial charge on any atom is 0.251 e. The Hall–Kier alpha value is -1.06. The largest absolute Gasteiger partial charge is 0.392 e. The minimum Gasteiger partial charge on any atom is -0.392 e. The smallest absolute Gasteiger partial charge is 0.251 e. The molecule has 0 aliphatic carbocycles. The molecule has 0 aromatic heterocycles. The molecule has 0 unspecified atom stereocenters. The second-order valence-electron chi connectivity index (χ2n) is 3.07. The third kappa shape index (κ3) is 3.36. The average molecular weight is 214 g/mol. The number of aliphatic hydroxyl groups excluding tert-OH is 1. The van der Waals surface area contributed by atoms with E-state index >= 15 is 0 Å². The summed E-state index contributed by atoms with van der Waals surface area (Å²) in [5.74, 6) is -0.206. The van der Waals surface area contributed by atoms with Gasteiger partial charge in [0.25, 0.3) is 5.91 Å². The average Bonchev–Trinajstić information content (AvgIpc) is 2.15. The summed E-state index contributed by atoms with van der Waals surface area (Å²) in [6.45, 7) is 1.86. The quantitative estimate of drug-likeness (QED) is 0.799. The highest BCUT2D eigenvalue weighted by Crippen LogP contribution is 2.09. The summed E-state index contributed by atoms with van der Waals surface area (Å²) in [6.07, 6.45) is -0.536. The predicted molar refractivity (Wildman–Crippen MR) is 55.5 cm³/mol. The van der Waals surface area contributed by atoms with E-state index in [0.717, 1.165) is 0 Å². The van der Waals surface area contributed by atoms with Gasteiger partial charge in [0.05, 0.1) is 6.10 Å². The number of carbonyl (C=O) groups excluding carboxylic acids is 1. The summed E-state index contributed by atoms with van der Waals surface area (Å²) in [5, 5.41) is 12.1. The van der Waals surface area contributed by atoms with Crippen LogP contribution < -0.4 is 5.32 Å². The first kappa shape index (κ1) is 11.0. The van der Waals surface area contributed by atoms with E-state index in [4.69, 9.17) is 16.7 Å². The maximum atomic E-state index is 11.4. The van der Waals surface area contributed by atoms with Gasteiger partial charge in [-0.25, -0.2) is 0 Å². The molecule has 0 aliphatic heterocycles. The molecule has 1 aromatic rings. The van der Waals surface area contributed by atoms with Crippen molar-refractivity contribution in [3.05, 3.63) is 34.9 Å². The zero-order chi connectivity index (χ0) is 10.6. The molecule has 1 atom stereocenters. The van der Waals surface area contributed by atoms with Crippen LogP contribution in [0.4, 0.5) is 0 Å². The van der Waals surface area contributed by atoms with Crippen LogP contribution in [-0.4, -0.2) is 23.7 Å². The van der Waals surface area contributed by atoms with Crippen LogP contribution in [0, 0.1) is 0 Å². The fourth-order valence-corrected chi connectivity index (χ4v) is 1.07. The number of halogens is 1. The van der Waals surface area contributed by atoms with E-state index < -0.39 is 6.10 Å². The molecule has 2 N–H and O–H groups in total. The first-order chi connectivity index (χ1) is 6.59. The Morgan fingerprint density at radius 3 is 2.57 bits per heavy atom. The van der Waals surface area contributed by atoms with Crippen molar-refractivity contribution in [1.29, 1.82) is 0 Å². The first-order valence-electron chi connectivity index (χ1n) is 4.31. The highest BCUT2D eigenvalue weighted by Gasteiger charge is 2.05. The molecule has 0 bridgehead atoms. The Labute approximate surface area is 87.7 Å². The molecule has 1 aromatic carbocycles. The van der Waals surface area contributed by atoms with Gasteiger partial charge in [0.1, 0.15) is 0 Å². The van der Waals surface area contributed by atoms with Crippen molar-refractivity contribution in [1.82, 2.24) is 5.32 Å². The van der Waals surface area contributed by atoms with Gasteiger partial charge < -0.3 is 10.4 Å². The van der Waals surface area contributed by atoms with Crippen molar-refractivity contribution >= 4 is 17.5 Å². The molecule has 0 spiro atoms. The van der Waals surface area contributed by atoms with Crippen LogP contribution in [0.1, 0.15) is 17.3 Å². The number of hydrogen-bond donors (Lipinski definition) is 2. The van der Waals surface area contributed by atoms with E-state index in [9.17, 15) is 4.79 Å². The molecule has 0 saturated carbocycles. The van der Waals surface area contributed by atoms with Gasteiger partial charge in [-0.1, -0.05) is 11.6 Å². The van der Waals surface area contributed by atoms with Crippen molar-refractivity contribution in [3.63, 3.8) is 0 Å². The first-order valence-corrected chi connectivity index (χ1v) is 4.69. The standard InChI is InChI=1S/C10H12ClNO2/c1-7(13)6-12-10(14)8-2-4-9(11)5-3-8/h2-5,7,13H,6H2,1H3,(H,12,14)/t7-/m0/s1. The molecular weight excluding hydrogens is 202 g/mol. The Morgan fingerprint density at radius 2 is 2.07 bits per heavy atom. The number of aliphatic hydroxyl groups is 1. The molecule has 0 aliphatic rings. The minimum absolute atomic E-state index is 0.206. The molecule has 0 saturated heterocycles. The Balaban J connectivity index is 2.57. The lowest BCUT2D eigenvalue weighted by molar-refractivity contribution is 0.0924. The van der Waals surface area contributed by atoms with Gasteiger partial charge in [0.2, 0.25) is 0 Å². The van der Waals surface area contributed by atoms with Crippen LogP contribution in [-0.2, 0) is 0 Å². The predicted octanol–water partition coefficient (Wildman–Crippen LogP) is 1.45. The van der Waals surface area contributed by atoms with E-state index in [1.54, 1.807) is 31.2 Å². The molecule has 1 rings (SSSR count). The number of benzene rings is 1. The summed E-state index contributed by atoms with van der Waals surface area (Å²) in [6, 6.07) is 6.58. The SMILES string of the molecule is C[C@H](O)CNC(=O)c1ccc(Cl)cc1. The second-order valence-corrected chi connectivity index (χ2v) is 3.50. The summed E-state index contributed by atoms with van der Waals surface area (Å²) in [4.78, 5) is 11.4. The second kappa shape index (κ2) is 4.98. The maximum absolute atomic E-state index is 11.4. The minimum atomic E-state index is -0.536. The number of hydrogen-bond acceptors (Lipinski definition) is 2. The van der Waals surface area contributed by atoms with Gasteiger partial charge in [0.15, 0.2) is 0 Å². The summed E-state index contributed by atoms with van der Waals surface area (Å²) >= 11 is 5.67. The molecule has 76 valence electrons. The number of rotatable bonds is 3. The number of amides is 1. The fraction of sp³-hybridized carbons (Fsp3) is 0.300. The third-order valence-corrected chi connectivity index (χ3v) is 1.92. The molecule has 1 amide bonds. The van der Waals surface area contributed by atoms with E-state index in [-0.39, 0.29) is 12.5 Å². The van der Waals surface area contributed by atoms with Crippen molar-refractivity contribution in [2.75, 3.05) is 6.54 Å². The molecule has 14 heavy (non-hydrogen) atoms. The highest BCUT2D eigenvalue weighted by atomic mass is 35.5. The van der Waals surface area contributed by atoms with Crippen LogP contribution >= 0.6 is 11.6 Å². The van der Waals surface area contributed by atoms with Crippen molar-refractivity contribution in [3.8, 4) is 0 Å². The van der Waals surface area contributed by atoms with Crippen LogP contribution in [0.3, 0.4) is 0 Å². The molecule has 0 heterocycles. The lowest BCUT2D eigenvalue weighted by atomic mass is 10.2. The third-order valence-electron chi connectivity index (χ3n) is 1.66. The highest BCUT2D eigenvalue weighted by molar-refractivity contribution is 6.30. The van der Waals surface area contributed by atoms with E-state index in [1.165, 1.54) is 0 Å². The van der Waals surface area contributed by atoms with Crippen LogP contribution in [0.2, 0.25) is 5.02 Å². The normalized spacial score (nSPS) is 12.2. The summed E-state index contributed by atoms with van der Waals surface area (Å²) in [5.41, 5.74) is 0.537. The number of nitrogens with one attached hydrogen (secondary N) is 1. The van der Waals surface area contributed by atoms with Crippen LogP contribution in [0.15, 0.2) is 24.3 Å².